The highest BCUT2D eigenvalue weighted by molar-refractivity contribution is 7.71. The monoisotopic (exact) mass is 292 g/mol. The molecule has 0 aliphatic rings. The van der Waals surface area contributed by atoms with Crippen LogP contribution < -0.4 is 9.47 Å². The average Bonchev–Trinajstić information content (AvgIpc) is 2.84. The van der Waals surface area contributed by atoms with Crippen molar-refractivity contribution < 1.29 is 9.47 Å². The second-order valence-electron chi connectivity index (χ2n) is 3.94. The van der Waals surface area contributed by atoms with Gasteiger partial charge in [0, 0.05) is 12.0 Å². The van der Waals surface area contributed by atoms with Crippen molar-refractivity contribution in [2.75, 3.05) is 14.2 Å². The summed E-state index contributed by atoms with van der Waals surface area (Å²) in [4.78, 5) is 0. The molecule has 20 heavy (non-hydrogen) atoms. The third-order valence-electron chi connectivity index (χ3n) is 2.78. The van der Waals surface area contributed by atoms with E-state index in [0.29, 0.717) is 16.3 Å². The minimum Gasteiger partial charge on any atom is -0.493 e. The Morgan fingerprint density at radius 3 is 2.85 bits per heavy atom. The molecule has 0 radical (unpaired) electrons. The molecule has 2 aromatic rings. The van der Waals surface area contributed by atoms with Crippen molar-refractivity contribution in [1.82, 2.24) is 14.9 Å². The quantitative estimate of drug-likeness (QED) is 0.679. The number of para-hydroxylation sites is 1. The molecule has 6 nitrogen and oxygen atoms in total. The van der Waals surface area contributed by atoms with Crippen LogP contribution in [0.5, 0.6) is 11.5 Å². The van der Waals surface area contributed by atoms with Gasteiger partial charge in [-0.25, -0.2) is 0 Å². The molecule has 0 saturated heterocycles. The minimum atomic E-state index is 0.458. The van der Waals surface area contributed by atoms with E-state index in [4.69, 9.17) is 21.7 Å². The van der Waals surface area contributed by atoms with Gasteiger partial charge in [-0.15, -0.1) is 0 Å². The highest BCUT2D eigenvalue weighted by Gasteiger charge is 2.08. The van der Waals surface area contributed by atoms with Gasteiger partial charge in [-0.05, 0) is 24.4 Å². The van der Waals surface area contributed by atoms with Crippen LogP contribution in [0.4, 0.5) is 0 Å². The van der Waals surface area contributed by atoms with Gasteiger partial charge in [-0.2, -0.15) is 14.9 Å². The number of aryl methyl sites for hydroxylation is 1. The summed E-state index contributed by atoms with van der Waals surface area (Å²) in [5.74, 6) is 2.06. The van der Waals surface area contributed by atoms with Crippen LogP contribution in [-0.4, -0.2) is 35.3 Å². The summed E-state index contributed by atoms with van der Waals surface area (Å²) in [7, 11) is 3.19. The van der Waals surface area contributed by atoms with Crippen LogP contribution in [0, 0.1) is 4.77 Å². The van der Waals surface area contributed by atoms with Crippen molar-refractivity contribution in [2.24, 2.45) is 5.10 Å². The van der Waals surface area contributed by atoms with E-state index in [1.807, 2.05) is 25.1 Å². The van der Waals surface area contributed by atoms with Crippen LogP contribution in [0.2, 0.25) is 0 Å². The first kappa shape index (κ1) is 14.3. The number of aromatic amines is 1. The standard InChI is InChI=1S/C13H16N4O2S/c1-4-11-15-16-13(20)17(11)14-8-9-6-5-7-10(18-2)12(9)19-3/h5-8H,4H2,1-3H3,(H,16,20)/b14-8-. The van der Waals surface area contributed by atoms with E-state index in [1.54, 1.807) is 25.1 Å². The predicted molar refractivity (Wildman–Crippen MR) is 79.3 cm³/mol. The Morgan fingerprint density at radius 2 is 2.20 bits per heavy atom. The van der Waals surface area contributed by atoms with Crippen molar-refractivity contribution in [1.29, 1.82) is 0 Å². The lowest BCUT2D eigenvalue weighted by Crippen LogP contribution is -1.99. The predicted octanol–water partition coefficient (Wildman–Crippen LogP) is 2.40. The van der Waals surface area contributed by atoms with Gasteiger partial charge < -0.3 is 9.47 Å². The van der Waals surface area contributed by atoms with Gasteiger partial charge in [0.1, 0.15) is 0 Å². The Kier molecular flexibility index (Phi) is 4.52. The second kappa shape index (κ2) is 6.33. The molecule has 0 spiro atoms. The number of rotatable bonds is 5. The normalized spacial score (nSPS) is 10.9. The van der Waals surface area contributed by atoms with Gasteiger partial charge in [-0.3, -0.25) is 5.10 Å². The van der Waals surface area contributed by atoms with Gasteiger partial charge in [0.25, 0.3) is 0 Å². The maximum absolute atomic E-state index is 5.35. The highest BCUT2D eigenvalue weighted by atomic mass is 32.1. The summed E-state index contributed by atoms with van der Waals surface area (Å²) in [6.07, 6.45) is 2.41. The Labute approximate surface area is 122 Å². The molecule has 0 aliphatic carbocycles. The summed E-state index contributed by atoms with van der Waals surface area (Å²) in [6, 6.07) is 5.59. The first-order valence-corrected chi connectivity index (χ1v) is 6.53. The molecule has 0 fully saturated rings. The number of aromatic nitrogens is 3. The fraction of sp³-hybridized carbons (Fsp3) is 0.308. The number of nitrogens with one attached hydrogen (secondary N) is 1. The summed E-state index contributed by atoms with van der Waals surface area (Å²) >= 11 is 5.14. The highest BCUT2D eigenvalue weighted by Crippen LogP contribution is 2.29. The molecule has 1 N–H and O–H groups in total. The number of hydrogen-bond donors (Lipinski definition) is 1. The van der Waals surface area contributed by atoms with Gasteiger partial charge in [0.05, 0.1) is 20.4 Å². The Morgan fingerprint density at radius 1 is 1.40 bits per heavy atom. The number of methoxy groups -OCH3 is 2. The number of hydrogen-bond acceptors (Lipinski definition) is 5. The number of benzene rings is 1. The molecule has 1 aromatic heterocycles. The van der Waals surface area contributed by atoms with E-state index >= 15 is 0 Å². The average molecular weight is 292 g/mol. The molecule has 0 unspecified atom stereocenters. The molecule has 0 aliphatic heterocycles. The lowest BCUT2D eigenvalue weighted by molar-refractivity contribution is 0.354. The molecule has 1 aromatic carbocycles. The fourth-order valence-corrected chi connectivity index (χ4v) is 2.00. The zero-order valence-electron chi connectivity index (χ0n) is 11.6. The maximum atomic E-state index is 5.35. The van der Waals surface area contributed by atoms with Crippen molar-refractivity contribution in [3.63, 3.8) is 0 Å². The van der Waals surface area contributed by atoms with Crippen molar-refractivity contribution >= 4 is 18.4 Å². The molecule has 0 saturated carbocycles. The van der Waals surface area contributed by atoms with Crippen molar-refractivity contribution in [2.45, 2.75) is 13.3 Å². The van der Waals surface area contributed by atoms with Crippen molar-refractivity contribution in [3.05, 3.63) is 34.4 Å². The third-order valence-corrected chi connectivity index (χ3v) is 3.04. The molecule has 0 atom stereocenters. The summed E-state index contributed by atoms with van der Waals surface area (Å²) in [5.41, 5.74) is 0.803. The van der Waals surface area contributed by atoms with E-state index in [-0.39, 0.29) is 0 Å². The summed E-state index contributed by atoms with van der Waals surface area (Å²) in [5, 5.41) is 11.2. The smallest absolute Gasteiger partial charge is 0.216 e. The molecule has 106 valence electrons. The van der Waals surface area contributed by atoms with Gasteiger partial charge in [-0.1, -0.05) is 13.0 Å². The molecule has 2 rings (SSSR count). The SMILES string of the molecule is CCc1n[nH]c(=S)n1/N=C\c1cccc(OC)c1OC. The van der Waals surface area contributed by atoms with Gasteiger partial charge in [0.15, 0.2) is 17.3 Å². The lowest BCUT2D eigenvalue weighted by Gasteiger charge is -2.09. The molecule has 0 amide bonds. The van der Waals surface area contributed by atoms with Gasteiger partial charge >= 0.3 is 0 Å². The fourth-order valence-electron chi connectivity index (χ4n) is 1.81. The number of ether oxygens (including phenoxy) is 2. The zero-order chi connectivity index (χ0) is 14.5. The second-order valence-corrected chi connectivity index (χ2v) is 4.32. The maximum Gasteiger partial charge on any atom is 0.216 e. The van der Waals surface area contributed by atoms with E-state index in [2.05, 4.69) is 15.3 Å². The van der Waals surface area contributed by atoms with E-state index < -0.39 is 0 Å². The van der Waals surface area contributed by atoms with Crippen LogP contribution in [0.3, 0.4) is 0 Å². The molecular formula is C13H16N4O2S. The molecule has 1 heterocycles. The van der Waals surface area contributed by atoms with Crippen molar-refractivity contribution in [3.8, 4) is 11.5 Å². The summed E-state index contributed by atoms with van der Waals surface area (Å²) in [6.45, 7) is 1.99. The lowest BCUT2D eigenvalue weighted by atomic mass is 10.2. The van der Waals surface area contributed by atoms with Crippen LogP contribution in [-0.2, 0) is 6.42 Å². The first-order chi connectivity index (χ1) is 9.71. The van der Waals surface area contributed by atoms with Gasteiger partial charge in [0.2, 0.25) is 4.77 Å². The van der Waals surface area contributed by atoms with Crippen LogP contribution in [0.15, 0.2) is 23.3 Å². The zero-order valence-corrected chi connectivity index (χ0v) is 12.4. The van der Waals surface area contributed by atoms with E-state index in [9.17, 15) is 0 Å². The van der Waals surface area contributed by atoms with Crippen LogP contribution >= 0.6 is 12.2 Å². The van der Waals surface area contributed by atoms with E-state index in [0.717, 1.165) is 17.8 Å². The Bertz CT molecular complexity index is 675. The third kappa shape index (κ3) is 2.72. The Balaban J connectivity index is 2.41. The minimum absolute atomic E-state index is 0.458. The molecule has 7 heteroatoms. The van der Waals surface area contributed by atoms with E-state index in [1.165, 1.54) is 0 Å². The topological polar surface area (TPSA) is 64.4 Å². The van der Waals surface area contributed by atoms with Crippen LogP contribution in [0.25, 0.3) is 0 Å². The largest absolute Gasteiger partial charge is 0.493 e. The summed E-state index contributed by atoms with van der Waals surface area (Å²) < 4.78 is 12.6. The Hall–Kier alpha value is -2.15. The molecule has 0 bridgehead atoms. The first-order valence-electron chi connectivity index (χ1n) is 6.12. The number of nitrogens with zero attached hydrogens (tertiary/aromatic N) is 3. The number of H-pyrrole nitrogens is 1. The van der Waals surface area contributed by atoms with Crippen LogP contribution in [0.1, 0.15) is 18.3 Å². The molecular weight excluding hydrogens is 276 g/mol.